The quantitative estimate of drug-likeness (QED) is 0.735. The molecule has 0 unspecified atom stereocenters. The Kier molecular flexibility index (Phi) is 5.07. The van der Waals surface area contributed by atoms with Crippen molar-refractivity contribution in [1.29, 1.82) is 0 Å². The van der Waals surface area contributed by atoms with Gasteiger partial charge in [-0.1, -0.05) is 6.92 Å². The summed E-state index contributed by atoms with van der Waals surface area (Å²) >= 11 is 1.72. The van der Waals surface area contributed by atoms with Gasteiger partial charge in [0.2, 0.25) is 0 Å². The number of hydrogen-bond donors (Lipinski definition) is 1. The largest absolute Gasteiger partial charge is 0.374 e. The summed E-state index contributed by atoms with van der Waals surface area (Å²) < 4.78 is 5.43. The van der Waals surface area contributed by atoms with Crippen LogP contribution in [0.3, 0.4) is 0 Å². The van der Waals surface area contributed by atoms with E-state index in [0.717, 1.165) is 30.2 Å². The summed E-state index contributed by atoms with van der Waals surface area (Å²) in [7, 11) is 0. The minimum Gasteiger partial charge on any atom is -0.374 e. The van der Waals surface area contributed by atoms with Crippen molar-refractivity contribution in [2.24, 2.45) is 5.73 Å². The highest BCUT2D eigenvalue weighted by Crippen LogP contribution is 2.18. The second-order valence-electron chi connectivity index (χ2n) is 3.21. The van der Waals surface area contributed by atoms with Crippen molar-refractivity contribution >= 4 is 11.3 Å². The van der Waals surface area contributed by atoms with Crippen molar-refractivity contribution in [3.63, 3.8) is 0 Å². The molecule has 0 saturated carbocycles. The second-order valence-corrected chi connectivity index (χ2v) is 4.38. The molecule has 0 saturated heterocycles. The van der Waals surface area contributed by atoms with Crippen molar-refractivity contribution < 1.29 is 4.74 Å². The molecule has 80 valence electrons. The van der Waals surface area contributed by atoms with Gasteiger partial charge in [-0.3, -0.25) is 0 Å². The highest BCUT2D eigenvalue weighted by Gasteiger charge is 2.06. The van der Waals surface area contributed by atoms with E-state index in [1.165, 1.54) is 4.88 Å². The van der Waals surface area contributed by atoms with Gasteiger partial charge >= 0.3 is 0 Å². The first-order valence-corrected chi connectivity index (χ1v) is 5.82. The highest BCUT2D eigenvalue weighted by molar-refractivity contribution is 7.11. The van der Waals surface area contributed by atoms with Crippen molar-refractivity contribution in [2.75, 3.05) is 13.2 Å². The smallest absolute Gasteiger partial charge is 0.119 e. The molecule has 0 spiro atoms. The predicted molar refractivity (Wildman–Crippen MR) is 59.6 cm³/mol. The fourth-order valence-electron chi connectivity index (χ4n) is 1.22. The first kappa shape index (κ1) is 11.6. The zero-order valence-corrected chi connectivity index (χ0v) is 9.69. The normalized spacial score (nSPS) is 10.8. The van der Waals surface area contributed by atoms with Gasteiger partial charge in [0, 0.05) is 11.5 Å². The maximum atomic E-state index is 5.51. The predicted octanol–water partition coefficient (Wildman–Crippen LogP) is 1.88. The molecule has 0 aliphatic carbocycles. The monoisotopic (exact) mass is 214 g/mol. The van der Waals surface area contributed by atoms with Crippen LogP contribution >= 0.6 is 11.3 Å². The van der Waals surface area contributed by atoms with E-state index in [9.17, 15) is 0 Å². The molecule has 2 N–H and O–H groups in total. The lowest BCUT2D eigenvalue weighted by Crippen LogP contribution is -2.01. The van der Waals surface area contributed by atoms with Gasteiger partial charge in [0.15, 0.2) is 0 Å². The summed E-state index contributed by atoms with van der Waals surface area (Å²) in [4.78, 5) is 5.73. The summed E-state index contributed by atoms with van der Waals surface area (Å²) in [6.45, 7) is 6.28. The minimum absolute atomic E-state index is 0.643. The average molecular weight is 214 g/mol. The number of nitrogens with two attached hydrogens (primary N) is 1. The summed E-state index contributed by atoms with van der Waals surface area (Å²) in [5.74, 6) is 0. The fraction of sp³-hybridized carbons (Fsp3) is 0.700. The second kappa shape index (κ2) is 6.11. The third-order valence-electron chi connectivity index (χ3n) is 1.88. The van der Waals surface area contributed by atoms with E-state index in [-0.39, 0.29) is 0 Å². The molecule has 0 atom stereocenters. The van der Waals surface area contributed by atoms with Crippen LogP contribution in [0.4, 0.5) is 0 Å². The summed E-state index contributed by atoms with van der Waals surface area (Å²) in [5.41, 5.74) is 6.61. The number of thiazole rings is 1. The third-order valence-corrected chi connectivity index (χ3v) is 3.07. The Bertz CT molecular complexity index is 273. The van der Waals surface area contributed by atoms with Crippen LogP contribution in [0.5, 0.6) is 0 Å². The first-order valence-electron chi connectivity index (χ1n) is 5.01. The first-order chi connectivity index (χ1) is 6.77. The van der Waals surface area contributed by atoms with E-state index in [1.807, 2.05) is 6.92 Å². The van der Waals surface area contributed by atoms with E-state index in [1.54, 1.807) is 11.3 Å². The lowest BCUT2D eigenvalue weighted by molar-refractivity contribution is 0.121. The molecule has 0 aliphatic rings. The van der Waals surface area contributed by atoms with E-state index in [2.05, 4.69) is 11.9 Å². The summed E-state index contributed by atoms with van der Waals surface area (Å²) in [6, 6.07) is 0. The number of rotatable bonds is 6. The molecule has 1 aromatic rings. The molecule has 0 radical (unpaired) electrons. The third kappa shape index (κ3) is 3.36. The molecule has 0 fully saturated rings. The lowest BCUT2D eigenvalue weighted by atomic mass is 10.3. The van der Waals surface area contributed by atoms with Crippen LogP contribution in [-0.2, 0) is 17.8 Å². The molecule has 0 aliphatic heterocycles. The van der Waals surface area contributed by atoms with Gasteiger partial charge in [-0.25, -0.2) is 4.98 Å². The van der Waals surface area contributed by atoms with E-state index < -0.39 is 0 Å². The van der Waals surface area contributed by atoms with Gasteiger partial charge in [-0.2, -0.15) is 0 Å². The van der Waals surface area contributed by atoms with Crippen molar-refractivity contribution in [1.82, 2.24) is 4.98 Å². The van der Waals surface area contributed by atoms with Crippen LogP contribution in [0.1, 0.15) is 28.9 Å². The van der Waals surface area contributed by atoms with Crippen LogP contribution in [-0.4, -0.2) is 18.1 Å². The summed E-state index contributed by atoms with van der Waals surface area (Å²) in [6.07, 6.45) is 1.98. The number of nitrogens with zero attached hydrogens (tertiary/aromatic N) is 1. The van der Waals surface area contributed by atoms with Gasteiger partial charge in [-0.05, 0) is 26.3 Å². The topological polar surface area (TPSA) is 48.1 Å². The Hall–Kier alpha value is -0.450. The Morgan fingerprint density at radius 2 is 2.29 bits per heavy atom. The minimum atomic E-state index is 0.643. The van der Waals surface area contributed by atoms with E-state index in [4.69, 9.17) is 10.5 Å². The van der Waals surface area contributed by atoms with Crippen LogP contribution in [0.25, 0.3) is 0 Å². The molecule has 0 amide bonds. The summed E-state index contributed by atoms with van der Waals surface area (Å²) in [5, 5.41) is 1.07. The maximum absolute atomic E-state index is 5.51. The molecule has 14 heavy (non-hydrogen) atoms. The van der Waals surface area contributed by atoms with Crippen LogP contribution in [0, 0.1) is 6.92 Å². The van der Waals surface area contributed by atoms with Gasteiger partial charge in [0.05, 0.1) is 12.3 Å². The van der Waals surface area contributed by atoms with E-state index in [0.29, 0.717) is 13.2 Å². The number of aryl methyl sites for hydroxylation is 1. The molecule has 0 aromatic carbocycles. The molecular formula is C10H18N2OS. The highest BCUT2D eigenvalue weighted by atomic mass is 32.1. The number of ether oxygens (including phenoxy) is 1. The average Bonchev–Trinajstić information content (AvgIpc) is 2.49. The van der Waals surface area contributed by atoms with Crippen molar-refractivity contribution in [3.8, 4) is 0 Å². The Morgan fingerprint density at radius 1 is 1.50 bits per heavy atom. The van der Waals surface area contributed by atoms with Gasteiger partial charge in [0.25, 0.3) is 0 Å². The SMILES string of the molecule is CCCOCc1nc(C)c(CCN)s1. The molecule has 1 aromatic heterocycles. The molecule has 1 rings (SSSR count). The maximum Gasteiger partial charge on any atom is 0.119 e. The number of aromatic nitrogens is 1. The van der Waals surface area contributed by atoms with Crippen molar-refractivity contribution in [2.45, 2.75) is 33.3 Å². The molecule has 3 nitrogen and oxygen atoms in total. The van der Waals surface area contributed by atoms with Gasteiger partial charge in [0.1, 0.15) is 5.01 Å². The molecule has 0 bridgehead atoms. The zero-order chi connectivity index (χ0) is 10.4. The molecule has 1 heterocycles. The standard InChI is InChI=1S/C10H18N2OS/c1-3-6-13-7-10-12-8(2)9(14-10)4-5-11/h3-7,11H2,1-2H3. The Balaban J connectivity index is 2.48. The fourth-order valence-corrected chi connectivity index (χ4v) is 2.24. The van der Waals surface area contributed by atoms with E-state index >= 15 is 0 Å². The van der Waals surface area contributed by atoms with Crippen LogP contribution < -0.4 is 5.73 Å². The molecule has 4 heteroatoms. The van der Waals surface area contributed by atoms with Crippen molar-refractivity contribution in [3.05, 3.63) is 15.6 Å². The number of hydrogen-bond acceptors (Lipinski definition) is 4. The lowest BCUT2D eigenvalue weighted by Gasteiger charge is -1.97. The zero-order valence-electron chi connectivity index (χ0n) is 8.88. The Labute approximate surface area is 89.3 Å². The van der Waals surface area contributed by atoms with Gasteiger partial charge in [-0.15, -0.1) is 11.3 Å². The van der Waals surface area contributed by atoms with Gasteiger partial charge < -0.3 is 10.5 Å². The van der Waals surface area contributed by atoms with Crippen LogP contribution in [0.15, 0.2) is 0 Å². The van der Waals surface area contributed by atoms with Crippen LogP contribution in [0.2, 0.25) is 0 Å². The Morgan fingerprint density at radius 3 is 2.93 bits per heavy atom. The molecular weight excluding hydrogens is 196 g/mol.